The lowest BCUT2D eigenvalue weighted by Crippen LogP contribution is -1.98. The second-order valence-electron chi connectivity index (χ2n) is 4.53. The summed E-state index contributed by atoms with van der Waals surface area (Å²) >= 11 is 1.40. The monoisotopic (exact) mass is 273 g/mol. The van der Waals surface area contributed by atoms with Crippen LogP contribution in [0.2, 0.25) is 0 Å². The summed E-state index contributed by atoms with van der Waals surface area (Å²) in [6.45, 7) is 1.93. The minimum absolute atomic E-state index is 0.257. The highest BCUT2D eigenvalue weighted by Gasteiger charge is 2.14. The molecule has 0 aliphatic rings. The number of aryl methyl sites for hydroxylation is 1. The Kier molecular flexibility index (Phi) is 3.05. The van der Waals surface area contributed by atoms with Crippen molar-refractivity contribution in [2.75, 3.05) is 0 Å². The number of hydrogen-bond acceptors (Lipinski definition) is 3. The molecule has 0 saturated carbocycles. The highest BCUT2D eigenvalue weighted by atomic mass is 32.1. The van der Waals surface area contributed by atoms with Crippen molar-refractivity contribution >= 4 is 21.4 Å². The van der Waals surface area contributed by atoms with Gasteiger partial charge in [-0.15, -0.1) is 11.3 Å². The molecule has 0 amide bonds. The fourth-order valence-corrected chi connectivity index (χ4v) is 3.16. The van der Waals surface area contributed by atoms with E-state index in [0.29, 0.717) is 0 Å². The van der Waals surface area contributed by atoms with Gasteiger partial charge in [0.25, 0.3) is 0 Å². The molecule has 0 radical (unpaired) electrons. The Bertz CT molecular complexity index is 738. The lowest BCUT2D eigenvalue weighted by Gasteiger charge is -2.08. The molecule has 0 bridgehead atoms. The quantitative estimate of drug-likeness (QED) is 0.770. The smallest absolute Gasteiger partial charge is 0.124 e. The summed E-state index contributed by atoms with van der Waals surface area (Å²) in [5, 5.41) is 11.3. The number of benzene rings is 1. The van der Waals surface area contributed by atoms with E-state index in [4.69, 9.17) is 0 Å². The normalized spacial score (nSPS) is 12.8. The van der Waals surface area contributed by atoms with E-state index in [2.05, 4.69) is 4.98 Å². The van der Waals surface area contributed by atoms with E-state index < -0.39 is 6.10 Å². The second-order valence-corrected chi connectivity index (χ2v) is 5.64. The molecule has 0 spiro atoms. The summed E-state index contributed by atoms with van der Waals surface area (Å²) in [6.07, 6.45) is 2.69. The van der Waals surface area contributed by atoms with Crippen LogP contribution in [0.3, 0.4) is 0 Å². The Balaban J connectivity index is 2.04. The van der Waals surface area contributed by atoms with Crippen LogP contribution >= 0.6 is 11.3 Å². The zero-order valence-corrected chi connectivity index (χ0v) is 11.1. The van der Waals surface area contributed by atoms with Crippen molar-refractivity contribution < 1.29 is 9.50 Å². The van der Waals surface area contributed by atoms with Crippen LogP contribution in [0.5, 0.6) is 0 Å². The molecule has 2 heterocycles. The molecule has 1 unspecified atom stereocenters. The number of nitrogens with zero attached hydrogens (tertiary/aromatic N) is 1. The number of halogens is 1. The van der Waals surface area contributed by atoms with Gasteiger partial charge in [0, 0.05) is 27.5 Å². The van der Waals surface area contributed by atoms with Crippen molar-refractivity contribution in [1.82, 2.24) is 4.98 Å². The van der Waals surface area contributed by atoms with Gasteiger partial charge < -0.3 is 5.11 Å². The molecule has 0 fully saturated rings. The van der Waals surface area contributed by atoms with Crippen LogP contribution < -0.4 is 0 Å². The van der Waals surface area contributed by atoms with Gasteiger partial charge in [-0.1, -0.05) is 12.1 Å². The van der Waals surface area contributed by atoms with Gasteiger partial charge in [-0.05, 0) is 36.1 Å². The molecule has 3 rings (SSSR count). The van der Waals surface area contributed by atoms with Gasteiger partial charge in [-0.3, -0.25) is 4.98 Å². The fraction of sp³-hybridized carbons (Fsp3) is 0.133. The van der Waals surface area contributed by atoms with Gasteiger partial charge in [0.2, 0.25) is 0 Å². The minimum atomic E-state index is -0.715. The average molecular weight is 273 g/mol. The standard InChI is InChI=1S/C15H12FNOS/c1-9-4-11(8-17-7-9)15(18)14-5-10-2-3-12(16)6-13(10)19-14/h2-8,15,18H,1H3. The molecular weight excluding hydrogens is 261 g/mol. The van der Waals surface area contributed by atoms with Gasteiger partial charge in [0.1, 0.15) is 11.9 Å². The highest BCUT2D eigenvalue weighted by molar-refractivity contribution is 7.19. The van der Waals surface area contributed by atoms with Crippen molar-refractivity contribution in [2.45, 2.75) is 13.0 Å². The number of thiophene rings is 1. The highest BCUT2D eigenvalue weighted by Crippen LogP contribution is 2.33. The molecule has 19 heavy (non-hydrogen) atoms. The SMILES string of the molecule is Cc1cncc(C(O)c2cc3ccc(F)cc3s2)c1. The number of pyridine rings is 1. The topological polar surface area (TPSA) is 33.1 Å². The summed E-state index contributed by atoms with van der Waals surface area (Å²) < 4.78 is 14.0. The van der Waals surface area contributed by atoms with Gasteiger partial charge in [-0.25, -0.2) is 4.39 Å². The van der Waals surface area contributed by atoms with Crippen LogP contribution in [0.15, 0.2) is 42.7 Å². The van der Waals surface area contributed by atoms with Crippen molar-refractivity contribution in [2.24, 2.45) is 0 Å². The van der Waals surface area contributed by atoms with E-state index in [1.165, 1.54) is 23.5 Å². The molecule has 3 aromatic rings. The molecule has 0 aliphatic heterocycles. The first kappa shape index (κ1) is 12.3. The molecule has 0 saturated heterocycles. The number of aliphatic hydroxyl groups is 1. The summed E-state index contributed by atoms with van der Waals surface area (Å²) in [5.74, 6) is -0.257. The van der Waals surface area contributed by atoms with Crippen molar-refractivity contribution in [3.8, 4) is 0 Å². The van der Waals surface area contributed by atoms with E-state index >= 15 is 0 Å². The third-order valence-corrected chi connectivity index (χ3v) is 4.13. The Morgan fingerprint density at radius 3 is 2.84 bits per heavy atom. The van der Waals surface area contributed by atoms with Crippen LogP contribution in [-0.4, -0.2) is 10.1 Å². The summed E-state index contributed by atoms with van der Waals surface area (Å²) in [5.41, 5.74) is 1.76. The van der Waals surface area contributed by atoms with E-state index in [-0.39, 0.29) is 5.82 Å². The molecule has 96 valence electrons. The number of hydrogen-bond donors (Lipinski definition) is 1. The van der Waals surface area contributed by atoms with Gasteiger partial charge in [-0.2, -0.15) is 0 Å². The molecule has 1 atom stereocenters. The molecule has 2 aromatic heterocycles. The Labute approximate surface area is 114 Å². The van der Waals surface area contributed by atoms with Gasteiger partial charge >= 0.3 is 0 Å². The Morgan fingerprint density at radius 1 is 1.21 bits per heavy atom. The van der Waals surface area contributed by atoms with Crippen LogP contribution in [0.4, 0.5) is 4.39 Å². The maximum absolute atomic E-state index is 13.2. The van der Waals surface area contributed by atoms with Gasteiger partial charge in [0.15, 0.2) is 0 Å². The maximum Gasteiger partial charge on any atom is 0.124 e. The summed E-state index contributed by atoms with van der Waals surface area (Å²) in [7, 11) is 0. The third kappa shape index (κ3) is 2.37. The Morgan fingerprint density at radius 2 is 2.05 bits per heavy atom. The van der Waals surface area contributed by atoms with Crippen molar-refractivity contribution in [3.63, 3.8) is 0 Å². The third-order valence-electron chi connectivity index (χ3n) is 2.98. The average Bonchev–Trinajstić information content (AvgIpc) is 2.80. The maximum atomic E-state index is 13.2. The predicted molar refractivity (Wildman–Crippen MR) is 74.8 cm³/mol. The minimum Gasteiger partial charge on any atom is -0.383 e. The van der Waals surface area contributed by atoms with Crippen LogP contribution in [0.1, 0.15) is 22.1 Å². The first-order valence-electron chi connectivity index (χ1n) is 5.92. The molecule has 2 nitrogen and oxygen atoms in total. The Hall–Kier alpha value is -1.78. The zero-order chi connectivity index (χ0) is 13.4. The molecule has 1 N–H and O–H groups in total. The van der Waals surface area contributed by atoms with E-state index in [1.807, 2.05) is 19.1 Å². The van der Waals surface area contributed by atoms with Crippen molar-refractivity contribution in [1.29, 1.82) is 0 Å². The first-order valence-corrected chi connectivity index (χ1v) is 6.74. The first-order chi connectivity index (χ1) is 9.13. The number of rotatable bonds is 2. The lowest BCUT2D eigenvalue weighted by molar-refractivity contribution is 0.223. The van der Waals surface area contributed by atoms with E-state index in [9.17, 15) is 9.50 Å². The van der Waals surface area contributed by atoms with Crippen molar-refractivity contribution in [3.05, 3.63) is 64.5 Å². The number of fused-ring (bicyclic) bond motifs is 1. The molecule has 0 aliphatic carbocycles. The largest absolute Gasteiger partial charge is 0.383 e. The lowest BCUT2D eigenvalue weighted by atomic mass is 10.1. The molecule has 4 heteroatoms. The second kappa shape index (κ2) is 4.72. The zero-order valence-electron chi connectivity index (χ0n) is 10.3. The summed E-state index contributed by atoms with van der Waals surface area (Å²) in [6, 6.07) is 8.45. The molecular formula is C15H12FNOS. The van der Waals surface area contributed by atoms with E-state index in [0.717, 1.165) is 26.1 Å². The van der Waals surface area contributed by atoms with Crippen LogP contribution in [0, 0.1) is 12.7 Å². The number of aliphatic hydroxyl groups excluding tert-OH is 1. The van der Waals surface area contributed by atoms with E-state index in [1.54, 1.807) is 18.5 Å². The predicted octanol–water partition coefficient (Wildman–Crippen LogP) is 3.83. The number of aromatic nitrogens is 1. The van der Waals surface area contributed by atoms with Gasteiger partial charge in [0.05, 0.1) is 0 Å². The molecule has 1 aromatic carbocycles. The fourth-order valence-electron chi connectivity index (χ4n) is 2.05. The summed E-state index contributed by atoms with van der Waals surface area (Å²) in [4.78, 5) is 4.88. The van der Waals surface area contributed by atoms with Crippen LogP contribution in [0.25, 0.3) is 10.1 Å². The van der Waals surface area contributed by atoms with Crippen LogP contribution in [-0.2, 0) is 0 Å².